The van der Waals surface area contributed by atoms with Crippen molar-refractivity contribution in [1.29, 1.82) is 0 Å². The number of rotatable bonds is 3. The van der Waals surface area contributed by atoms with Gasteiger partial charge in [-0.1, -0.05) is 43.5 Å². The lowest BCUT2D eigenvalue weighted by Gasteiger charge is -2.34. The third kappa shape index (κ3) is 4.18. The molecule has 0 radical (unpaired) electrons. The van der Waals surface area contributed by atoms with Crippen LogP contribution in [0.25, 0.3) is 0 Å². The number of piperazine rings is 1. The van der Waals surface area contributed by atoms with Crippen molar-refractivity contribution in [3.63, 3.8) is 0 Å². The highest BCUT2D eigenvalue weighted by atomic mass is 79.9. The molecular formula is C13H15Br2ClN2O. The van der Waals surface area contributed by atoms with Crippen LogP contribution in [-0.2, 0) is 0 Å². The van der Waals surface area contributed by atoms with Gasteiger partial charge in [0.2, 0.25) is 0 Å². The lowest BCUT2D eigenvalue weighted by molar-refractivity contribution is 0.0645. The number of carbonyl (C=O) groups excluding carboxylic acids is 1. The molecule has 0 unspecified atom stereocenters. The zero-order valence-electron chi connectivity index (χ0n) is 10.4. The van der Waals surface area contributed by atoms with Gasteiger partial charge in [0.25, 0.3) is 5.91 Å². The molecule has 1 amide bonds. The zero-order chi connectivity index (χ0) is 13.8. The average Bonchev–Trinajstić information content (AvgIpc) is 2.38. The van der Waals surface area contributed by atoms with Crippen LogP contribution >= 0.6 is 43.5 Å². The van der Waals surface area contributed by atoms with Gasteiger partial charge in [-0.2, -0.15) is 0 Å². The summed E-state index contributed by atoms with van der Waals surface area (Å²) in [6, 6.07) is 5.32. The largest absolute Gasteiger partial charge is 0.336 e. The molecule has 0 saturated carbocycles. The molecular weight excluding hydrogens is 395 g/mol. The molecule has 0 atom stereocenters. The maximum Gasteiger partial charge on any atom is 0.254 e. The Bertz CT molecular complexity index is 442. The van der Waals surface area contributed by atoms with Crippen molar-refractivity contribution in [3.05, 3.63) is 33.3 Å². The van der Waals surface area contributed by atoms with Gasteiger partial charge in [-0.05, 0) is 18.2 Å². The number of nitrogens with zero attached hydrogens (tertiary/aromatic N) is 2. The van der Waals surface area contributed by atoms with Crippen molar-refractivity contribution >= 4 is 49.4 Å². The second-order valence-corrected chi connectivity index (χ2v) is 6.63. The molecule has 0 bridgehead atoms. The van der Waals surface area contributed by atoms with Crippen LogP contribution in [0.5, 0.6) is 0 Å². The molecule has 0 aliphatic carbocycles. The number of carbonyl (C=O) groups is 1. The van der Waals surface area contributed by atoms with E-state index in [0.29, 0.717) is 10.6 Å². The van der Waals surface area contributed by atoms with Crippen LogP contribution in [0.2, 0.25) is 5.02 Å². The molecule has 2 rings (SSSR count). The van der Waals surface area contributed by atoms with E-state index < -0.39 is 0 Å². The molecule has 1 aliphatic rings. The highest BCUT2D eigenvalue weighted by Gasteiger charge is 2.22. The van der Waals surface area contributed by atoms with Crippen LogP contribution in [0, 0.1) is 0 Å². The fraction of sp³-hybridized carbons (Fsp3) is 0.462. The lowest BCUT2D eigenvalue weighted by atomic mass is 10.2. The van der Waals surface area contributed by atoms with E-state index >= 15 is 0 Å². The van der Waals surface area contributed by atoms with Crippen molar-refractivity contribution in [1.82, 2.24) is 9.80 Å². The molecule has 104 valence electrons. The molecule has 1 saturated heterocycles. The first-order valence-corrected chi connectivity index (χ1v) is 8.43. The van der Waals surface area contributed by atoms with E-state index in [4.69, 9.17) is 11.6 Å². The van der Waals surface area contributed by atoms with E-state index in [1.54, 1.807) is 12.1 Å². The summed E-state index contributed by atoms with van der Waals surface area (Å²) in [6.45, 7) is 4.44. The second kappa shape index (κ2) is 7.07. The van der Waals surface area contributed by atoms with Gasteiger partial charge >= 0.3 is 0 Å². The predicted octanol–water partition coefficient (Wildman–Crippen LogP) is 3.26. The number of alkyl halides is 1. The lowest BCUT2D eigenvalue weighted by Crippen LogP contribution is -2.49. The summed E-state index contributed by atoms with van der Waals surface area (Å²) in [4.78, 5) is 16.6. The SMILES string of the molecule is O=C(c1cc(Cl)cc(Br)c1)N1CCN(CCBr)CC1. The van der Waals surface area contributed by atoms with Crippen molar-refractivity contribution in [2.24, 2.45) is 0 Å². The summed E-state index contributed by atoms with van der Waals surface area (Å²) >= 11 is 12.8. The molecule has 1 aliphatic heterocycles. The Kier molecular flexibility index (Phi) is 5.69. The Balaban J connectivity index is 2.01. The van der Waals surface area contributed by atoms with Crippen LogP contribution < -0.4 is 0 Å². The molecule has 3 nitrogen and oxygen atoms in total. The Hall–Kier alpha value is -0.100. The average molecular weight is 411 g/mol. The van der Waals surface area contributed by atoms with Crippen molar-refractivity contribution in [2.45, 2.75) is 0 Å². The number of halogens is 3. The van der Waals surface area contributed by atoms with Gasteiger partial charge < -0.3 is 4.90 Å². The summed E-state index contributed by atoms with van der Waals surface area (Å²) in [5.74, 6) is 0.0571. The van der Waals surface area contributed by atoms with E-state index in [1.165, 1.54) is 0 Å². The molecule has 0 aromatic heterocycles. The van der Waals surface area contributed by atoms with Gasteiger partial charge in [-0.15, -0.1) is 0 Å². The van der Waals surface area contributed by atoms with Gasteiger partial charge in [-0.25, -0.2) is 0 Å². The minimum Gasteiger partial charge on any atom is -0.336 e. The monoisotopic (exact) mass is 408 g/mol. The van der Waals surface area contributed by atoms with Gasteiger partial charge in [-0.3, -0.25) is 9.69 Å². The molecule has 1 aromatic rings. The zero-order valence-corrected chi connectivity index (χ0v) is 14.3. The first-order chi connectivity index (χ1) is 9.10. The van der Waals surface area contributed by atoms with Gasteiger partial charge in [0.1, 0.15) is 0 Å². The van der Waals surface area contributed by atoms with Gasteiger partial charge in [0, 0.05) is 53.1 Å². The van der Waals surface area contributed by atoms with Crippen LogP contribution in [0.15, 0.2) is 22.7 Å². The quantitative estimate of drug-likeness (QED) is 0.715. The number of hydrogen-bond donors (Lipinski definition) is 0. The van der Waals surface area contributed by atoms with E-state index in [1.807, 2.05) is 11.0 Å². The fourth-order valence-electron chi connectivity index (χ4n) is 2.15. The second-order valence-electron chi connectivity index (χ2n) is 4.48. The number of amides is 1. The molecule has 6 heteroatoms. The minimum atomic E-state index is 0.0571. The standard InChI is InChI=1S/C13H15Br2ClN2O/c14-1-2-17-3-5-18(6-4-17)13(19)10-7-11(15)9-12(16)8-10/h7-9H,1-6H2. The summed E-state index contributed by atoms with van der Waals surface area (Å²) in [6.07, 6.45) is 0. The fourth-order valence-corrected chi connectivity index (χ4v) is 3.52. The summed E-state index contributed by atoms with van der Waals surface area (Å²) in [5, 5.41) is 1.55. The van der Waals surface area contributed by atoms with Crippen LogP contribution in [0.3, 0.4) is 0 Å². The summed E-state index contributed by atoms with van der Waals surface area (Å²) < 4.78 is 0.835. The van der Waals surface area contributed by atoms with Gasteiger partial charge in [0.15, 0.2) is 0 Å². The van der Waals surface area contributed by atoms with Crippen molar-refractivity contribution in [2.75, 3.05) is 38.1 Å². The Morgan fingerprint density at radius 3 is 2.47 bits per heavy atom. The van der Waals surface area contributed by atoms with E-state index in [-0.39, 0.29) is 5.91 Å². The first-order valence-electron chi connectivity index (χ1n) is 6.14. The maximum absolute atomic E-state index is 12.4. The van der Waals surface area contributed by atoms with Gasteiger partial charge in [0.05, 0.1) is 0 Å². The van der Waals surface area contributed by atoms with Crippen LogP contribution in [-0.4, -0.2) is 53.8 Å². The first kappa shape index (κ1) is 15.3. The topological polar surface area (TPSA) is 23.6 Å². The van der Waals surface area contributed by atoms with Crippen LogP contribution in [0.4, 0.5) is 0 Å². The smallest absolute Gasteiger partial charge is 0.254 e. The summed E-state index contributed by atoms with van der Waals surface area (Å²) in [7, 11) is 0. The maximum atomic E-state index is 12.4. The van der Waals surface area contributed by atoms with E-state index in [9.17, 15) is 4.79 Å². The number of benzene rings is 1. The Morgan fingerprint density at radius 1 is 1.21 bits per heavy atom. The van der Waals surface area contributed by atoms with E-state index in [2.05, 4.69) is 36.8 Å². The van der Waals surface area contributed by atoms with Crippen molar-refractivity contribution in [3.8, 4) is 0 Å². The molecule has 0 N–H and O–H groups in total. The Morgan fingerprint density at radius 2 is 1.89 bits per heavy atom. The Labute approximate surface area is 135 Å². The molecule has 0 spiro atoms. The summed E-state index contributed by atoms with van der Waals surface area (Å²) in [5.41, 5.74) is 0.647. The molecule has 1 fully saturated rings. The highest BCUT2D eigenvalue weighted by molar-refractivity contribution is 9.10. The third-order valence-electron chi connectivity index (χ3n) is 3.17. The third-order valence-corrected chi connectivity index (χ3v) is 4.20. The van der Waals surface area contributed by atoms with Crippen molar-refractivity contribution < 1.29 is 4.79 Å². The normalized spacial score (nSPS) is 16.7. The number of hydrogen-bond acceptors (Lipinski definition) is 2. The molecule has 1 heterocycles. The highest BCUT2D eigenvalue weighted by Crippen LogP contribution is 2.21. The minimum absolute atomic E-state index is 0.0571. The molecule has 1 aromatic carbocycles. The van der Waals surface area contributed by atoms with Crippen LogP contribution in [0.1, 0.15) is 10.4 Å². The predicted molar refractivity (Wildman–Crippen MR) is 85.3 cm³/mol. The van der Waals surface area contributed by atoms with E-state index in [0.717, 1.165) is 42.5 Å². The molecule has 19 heavy (non-hydrogen) atoms.